The summed E-state index contributed by atoms with van der Waals surface area (Å²) < 4.78 is 24.7. The van der Waals surface area contributed by atoms with E-state index in [1.54, 1.807) is 0 Å². The molecule has 0 fully saturated rings. The number of H-pyrrole nitrogens is 1. The normalized spacial score (nSPS) is 10.7. The number of alkyl halides is 2. The summed E-state index contributed by atoms with van der Waals surface area (Å²) in [5.74, 6) is -1.23. The quantitative estimate of drug-likeness (QED) is 0.839. The van der Waals surface area contributed by atoms with Crippen LogP contribution in [0, 0.1) is 0 Å². The zero-order chi connectivity index (χ0) is 11.6. The average Bonchev–Trinajstić information content (AvgIpc) is 2.09. The van der Waals surface area contributed by atoms with Gasteiger partial charge in [0.1, 0.15) is 5.02 Å². The number of carboxylic acid groups (broad SMARTS) is 1. The van der Waals surface area contributed by atoms with E-state index in [1.165, 1.54) is 0 Å². The number of aromatic amines is 1. The Morgan fingerprint density at radius 1 is 1.60 bits per heavy atom. The first kappa shape index (κ1) is 11.6. The van der Waals surface area contributed by atoms with Crippen molar-refractivity contribution in [1.82, 2.24) is 4.98 Å². The average molecular weight is 238 g/mol. The molecule has 0 aliphatic heterocycles. The summed E-state index contributed by atoms with van der Waals surface area (Å²) in [6.07, 6.45) is -3.45. The van der Waals surface area contributed by atoms with Gasteiger partial charge in [0.25, 0.3) is 12.0 Å². The minimum atomic E-state index is -2.91. The monoisotopic (exact) mass is 237 g/mol. The molecule has 2 N–H and O–H groups in total. The van der Waals surface area contributed by atoms with Gasteiger partial charge in [-0.15, -0.1) is 0 Å². The lowest BCUT2D eigenvalue weighted by Gasteiger charge is -2.04. The highest BCUT2D eigenvalue weighted by atomic mass is 35.5. The Hall–Kier alpha value is -1.43. The molecule has 0 bridgehead atoms. The Morgan fingerprint density at radius 2 is 2.20 bits per heavy atom. The Kier molecular flexibility index (Phi) is 3.41. The molecule has 4 nitrogen and oxygen atoms in total. The highest BCUT2D eigenvalue weighted by molar-refractivity contribution is 6.31. The lowest BCUT2D eigenvalue weighted by molar-refractivity contribution is -0.136. The highest BCUT2D eigenvalue weighted by Crippen LogP contribution is 2.24. The van der Waals surface area contributed by atoms with Crippen molar-refractivity contribution in [2.75, 3.05) is 0 Å². The number of halogens is 3. The van der Waals surface area contributed by atoms with Crippen LogP contribution in [-0.4, -0.2) is 16.1 Å². The van der Waals surface area contributed by atoms with Gasteiger partial charge in [-0.1, -0.05) is 11.6 Å². The SMILES string of the molecule is O=C(O)Cc1cc(C(F)F)c(Cl)c(=O)[nH]1. The van der Waals surface area contributed by atoms with Crippen LogP contribution < -0.4 is 5.56 Å². The summed E-state index contributed by atoms with van der Waals surface area (Å²) in [4.78, 5) is 23.4. The van der Waals surface area contributed by atoms with E-state index in [0.717, 1.165) is 6.07 Å². The maximum atomic E-state index is 12.3. The van der Waals surface area contributed by atoms with E-state index in [2.05, 4.69) is 4.98 Å². The molecule has 0 atom stereocenters. The number of nitrogens with one attached hydrogen (secondary N) is 1. The molecule has 0 aliphatic carbocycles. The van der Waals surface area contributed by atoms with E-state index >= 15 is 0 Å². The number of carboxylic acids is 1. The maximum absolute atomic E-state index is 12.3. The van der Waals surface area contributed by atoms with Gasteiger partial charge in [0.2, 0.25) is 0 Å². The molecular formula is C8H6ClF2NO3. The molecule has 0 unspecified atom stereocenters. The summed E-state index contributed by atoms with van der Waals surface area (Å²) >= 11 is 5.33. The third-order valence-electron chi connectivity index (χ3n) is 1.63. The molecular weight excluding hydrogens is 232 g/mol. The molecule has 0 radical (unpaired) electrons. The van der Waals surface area contributed by atoms with Crippen molar-refractivity contribution in [1.29, 1.82) is 0 Å². The van der Waals surface area contributed by atoms with Gasteiger partial charge in [-0.3, -0.25) is 9.59 Å². The zero-order valence-corrected chi connectivity index (χ0v) is 8.02. The second-order valence-electron chi connectivity index (χ2n) is 2.76. The molecule has 1 heterocycles. The fourth-order valence-corrected chi connectivity index (χ4v) is 1.22. The number of hydrogen-bond acceptors (Lipinski definition) is 2. The largest absolute Gasteiger partial charge is 0.481 e. The topological polar surface area (TPSA) is 70.2 Å². The molecule has 1 aromatic heterocycles. The molecule has 0 aromatic carbocycles. The number of aliphatic carboxylic acids is 1. The summed E-state index contributed by atoms with van der Waals surface area (Å²) in [6, 6.07) is 0.878. The predicted molar refractivity (Wildman–Crippen MR) is 48.4 cm³/mol. The van der Waals surface area contributed by atoms with Crippen LogP contribution in [0.1, 0.15) is 17.7 Å². The molecule has 0 aliphatic rings. The van der Waals surface area contributed by atoms with E-state index in [4.69, 9.17) is 16.7 Å². The van der Waals surface area contributed by atoms with Gasteiger partial charge in [-0.05, 0) is 6.07 Å². The molecule has 7 heteroatoms. The minimum absolute atomic E-state index is 0.104. The van der Waals surface area contributed by atoms with Crippen molar-refractivity contribution < 1.29 is 18.7 Å². The molecule has 15 heavy (non-hydrogen) atoms. The Balaban J connectivity index is 3.23. The first-order valence-corrected chi connectivity index (χ1v) is 4.21. The van der Waals surface area contributed by atoms with Crippen LogP contribution in [0.3, 0.4) is 0 Å². The van der Waals surface area contributed by atoms with Crippen molar-refractivity contribution in [2.45, 2.75) is 12.8 Å². The number of hydrogen-bond donors (Lipinski definition) is 2. The van der Waals surface area contributed by atoms with Gasteiger partial charge < -0.3 is 10.1 Å². The molecule has 0 spiro atoms. The standard InChI is InChI=1S/C8H6ClF2NO3/c9-6-4(7(10)11)1-3(2-5(13)14)12-8(6)15/h1,7H,2H2,(H,12,15)(H,13,14). The fraction of sp³-hybridized carbons (Fsp3) is 0.250. The van der Waals surface area contributed by atoms with Gasteiger partial charge >= 0.3 is 5.97 Å². The minimum Gasteiger partial charge on any atom is -0.481 e. The summed E-state index contributed by atoms with van der Waals surface area (Å²) in [5.41, 5.74) is -1.67. The molecule has 0 saturated heterocycles. The van der Waals surface area contributed by atoms with Gasteiger partial charge in [-0.2, -0.15) is 0 Å². The molecule has 1 aromatic rings. The van der Waals surface area contributed by atoms with Crippen molar-refractivity contribution >= 4 is 17.6 Å². The van der Waals surface area contributed by atoms with Gasteiger partial charge in [0, 0.05) is 11.3 Å². The second kappa shape index (κ2) is 4.39. The Morgan fingerprint density at radius 3 is 2.67 bits per heavy atom. The van der Waals surface area contributed by atoms with Crippen molar-refractivity contribution in [3.05, 3.63) is 32.7 Å². The van der Waals surface area contributed by atoms with Crippen LogP contribution in [0.25, 0.3) is 0 Å². The van der Waals surface area contributed by atoms with Gasteiger partial charge in [0.15, 0.2) is 0 Å². The van der Waals surface area contributed by atoms with Crippen LogP contribution in [0.15, 0.2) is 10.9 Å². The van der Waals surface area contributed by atoms with Crippen LogP contribution >= 0.6 is 11.6 Å². The third kappa shape index (κ3) is 2.76. The maximum Gasteiger partial charge on any atom is 0.309 e. The van der Waals surface area contributed by atoms with E-state index in [-0.39, 0.29) is 5.69 Å². The number of aromatic nitrogens is 1. The summed E-state index contributed by atoms with van der Waals surface area (Å²) in [5, 5.41) is 7.80. The van der Waals surface area contributed by atoms with E-state index in [9.17, 15) is 18.4 Å². The van der Waals surface area contributed by atoms with E-state index < -0.39 is 35.0 Å². The van der Waals surface area contributed by atoms with E-state index in [1.807, 2.05) is 0 Å². The zero-order valence-electron chi connectivity index (χ0n) is 7.26. The first-order chi connectivity index (χ1) is 6.91. The smallest absolute Gasteiger partial charge is 0.309 e. The summed E-state index contributed by atoms with van der Waals surface area (Å²) in [6.45, 7) is 0. The predicted octanol–water partition coefficient (Wildman–Crippen LogP) is 1.59. The van der Waals surface area contributed by atoms with Crippen molar-refractivity contribution in [2.24, 2.45) is 0 Å². The fourth-order valence-electron chi connectivity index (χ4n) is 1.04. The Bertz CT molecular complexity index is 444. The van der Waals surface area contributed by atoms with E-state index in [0.29, 0.717) is 0 Å². The van der Waals surface area contributed by atoms with Crippen LogP contribution in [0.4, 0.5) is 8.78 Å². The number of pyridine rings is 1. The van der Waals surface area contributed by atoms with Gasteiger partial charge in [-0.25, -0.2) is 8.78 Å². The lowest BCUT2D eigenvalue weighted by atomic mass is 10.2. The number of rotatable bonds is 3. The lowest BCUT2D eigenvalue weighted by Crippen LogP contribution is -2.14. The van der Waals surface area contributed by atoms with Crippen LogP contribution in [0.2, 0.25) is 5.02 Å². The first-order valence-electron chi connectivity index (χ1n) is 3.83. The molecule has 1 rings (SSSR count). The second-order valence-corrected chi connectivity index (χ2v) is 3.14. The van der Waals surface area contributed by atoms with Crippen LogP contribution in [-0.2, 0) is 11.2 Å². The van der Waals surface area contributed by atoms with Crippen molar-refractivity contribution in [3.8, 4) is 0 Å². The summed E-state index contributed by atoms with van der Waals surface area (Å²) in [7, 11) is 0. The van der Waals surface area contributed by atoms with Crippen LogP contribution in [0.5, 0.6) is 0 Å². The molecule has 0 amide bonds. The Labute approximate surface area is 87.5 Å². The number of carbonyl (C=O) groups is 1. The highest BCUT2D eigenvalue weighted by Gasteiger charge is 2.16. The molecule has 0 saturated carbocycles. The van der Waals surface area contributed by atoms with Crippen molar-refractivity contribution in [3.63, 3.8) is 0 Å². The van der Waals surface area contributed by atoms with Gasteiger partial charge in [0.05, 0.1) is 6.42 Å². The third-order valence-corrected chi connectivity index (χ3v) is 2.02. The molecule has 82 valence electrons.